The SMILES string of the molecule is COc1ccc(OCCS(=O)(=O)Nc2cnn(C)c2)cc1. The molecule has 7 nitrogen and oxygen atoms in total. The van der Waals surface area contributed by atoms with Gasteiger partial charge in [-0.3, -0.25) is 9.40 Å². The summed E-state index contributed by atoms with van der Waals surface area (Å²) in [5.41, 5.74) is 0.432. The molecule has 1 N–H and O–H groups in total. The molecule has 0 spiro atoms. The maximum atomic E-state index is 11.9. The van der Waals surface area contributed by atoms with E-state index in [-0.39, 0.29) is 12.4 Å². The molecule has 2 rings (SSSR count). The number of methoxy groups -OCH3 is 1. The number of anilines is 1. The van der Waals surface area contributed by atoms with Crippen molar-refractivity contribution in [2.45, 2.75) is 0 Å². The average molecular weight is 311 g/mol. The molecule has 8 heteroatoms. The third-order valence-electron chi connectivity index (χ3n) is 2.66. The molecule has 0 radical (unpaired) electrons. The van der Waals surface area contributed by atoms with Crippen LogP contribution < -0.4 is 14.2 Å². The van der Waals surface area contributed by atoms with Gasteiger partial charge in [0, 0.05) is 13.2 Å². The van der Waals surface area contributed by atoms with Gasteiger partial charge in [-0.2, -0.15) is 5.10 Å². The number of aryl methyl sites for hydroxylation is 1. The van der Waals surface area contributed by atoms with Crippen molar-refractivity contribution in [1.29, 1.82) is 0 Å². The minimum absolute atomic E-state index is 0.0575. The van der Waals surface area contributed by atoms with Gasteiger partial charge in [-0.25, -0.2) is 8.42 Å². The molecule has 0 aliphatic carbocycles. The summed E-state index contributed by atoms with van der Waals surface area (Å²) in [5.74, 6) is 1.16. The lowest BCUT2D eigenvalue weighted by molar-refractivity contribution is 0.340. The minimum atomic E-state index is -3.46. The molecular weight excluding hydrogens is 294 g/mol. The van der Waals surface area contributed by atoms with E-state index in [0.717, 1.165) is 0 Å². The molecule has 1 aromatic carbocycles. The monoisotopic (exact) mass is 311 g/mol. The number of rotatable bonds is 7. The molecule has 114 valence electrons. The second-order valence-corrected chi connectivity index (χ2v) is 6.19. The van der Waals surface area contributed by atoms with Crippen molar-refractivity contribution in [2.75, 3.05) is 24.2 Å². The lowest BCUT2D eigenvalue weighted by Crippen LogP contribution is -2.21. The van der Waals surface area contributed by atoms with Crippen molar-refractivity contribution in [3.8, 4) is 11.5 Å². The number of nitrogens with zero attached hydrogens (tertiary/aromatic N) is 2. The van der Waals surface area contributed by atoms with Crippen molar-refractivity contribution >= 4 is 15.7 Å². The Labute approximate surface area is 123 Å². The highest BCUT2D eigenvalue weighted by molar-refractivity contribution is 7.92. The summed E-state index contributed by atoms with van der Waals surface area (Å²) >= 11 is 0. The van der Waals surface area contributed by atoms with Gasteiger partial charge < -0.3 is 9.47 Å². The van der Waals surface area contributed by atoms with E-state index < -0.39 is 10.0 Å². The molecule has 0 saturated carbocycles. The second-order valence-electron chi connectivity index (χ2n) is 4.35. The smallest absolute Gasteiger partial charge is 0.236 e. The van der Waals surface area contributed by atoms with Crippen molar-refractivity contribution < 1.29 is 17.9 Å². The van der Waals surface area contributed by atoms with E-state index in [2.05, 4.69) is 9.82 Å². The van der Waals surface area contributed by atoms with Crippen LogP contribution in [0.25, 0.3) is 0 Å². The predicted molar refractivity (Wildman–Crippen MR) is 79.1 cm³/mol. The van der Waals surface area contributed by atoms with Crippen LogP contribution in [-0.4, -0.2) is 37.7 Å². The van der Waals surface area contributed by atoms with Crippen molar-refractivity contribution in [3.63, 3.8) is 0 Å². The van der Waals surface area contributed by atoms with E-state index in [1.165, 1.54) is 10.9 Å². The Bertz CT molecular complexity index is 680. The Morgan fingerprint density at radius 2 is 1.90 bits per heavy atom. The fraction of sp³-hybridized carbons (Fsp3) is 0.308. The van der Waals surface area contributed by atoms with Crippen LogP contribution in [0.3, 0.4) is 0 Å². The number of hydrogen-bond acceptors (Lipinski definition) is 5. The Kier molecular flexibility index (Phi) is 4.69. The van der Waals surface area contributed by atoms with Gasteiger partial charge in [0.25, 0.3) is 0 Å². The third-order valence-corrected chi connectivity index (χ3v) is 3.91. The predicted octanol–water partition coefficient (Wildman–Crippen LogP) is 1.25. The van der Waals surface area contributed by atoms with E-state index >= 15 is 0 Å². The van der Waals surface area contributed by atoms with Gasteiger partial charge in [0.05, 0.1) is 19.0 Å². The topological polar surface area (TPSA) is 82.4 Å². The zero-order valence-corrected chi connectivity index (χ0v) is 12.6. The number of aromatic nitrogens is 2. The van der Waals surface area contributed by atoms with Crippen LogP contribution in [0.2, 0.25) is 0 Å². The Morgan fingerprint density at radius 3 is 2.48 bits per heavy atom. The number of nitrogens with one attached hydrogen (secondary N) is 1. The molecular formula is C13H17N3O4S. The lowest BCUT2D eigenvalue weighted by Gasteiger charge is -2.08. The average Bonchev–Trinajstić information content (AvgIpc) is 2.84. The van der Waals surface area contributed by atoms with Crippen LogP contribution >= 0.6 is 0 Å². The summed E-state index contributed by atoms with van der Waals surface area (Å²) in [6.07, 6.45) is 3.03. The normalized spacial score (nSPS) is 11.1. The molecule has 1 heterocycles. The standard InChI is InChI=1S/C13H17N3O4S/c1-16-10-11(9-14-16)15-21(17,18)8-7-20-13-5-3-12(19-2)4-6-13/h3-6,9-10,15H,7-8H2,1-2H3. The van der Waals surface area contributed by atoms with Crippen LogP contribution in [0.5, 0.6) is 11.5 Å². The van der Waals surface area contributed by atoms with E-state index in [1.54, 1.807) is 44.6 Å². The third kappa shape index (κ3) is 4.67. The highest BCUT2D eigenvalue weighted by atomic mass is 32.2. The highest BCUT2D eigenvalue weighted by Crippen LogP contribution is 2.17. The summed E-state index contributed by atoms with van der Waals surface area (Å²) in [7, 11) is -0.168. The number of sulfonamides is 1. The molecule has 0 fully saturated rings. The van der Waals surface area contributed by atoms with Crippen molar-refractivity contribution in [3.05, 3.63) is 36.7 Å². The molecule has 0 bridgehead atoms. The molecule has 0 aliphatic heterocycles. The van der Waals surface area contributed by atoms with Gasteiger partial charge in [-0.05, 0) is 24.3 Å². The highest BCUT2D eigenvalue weighted by Gasteiger charge is 2.11. The molecule has 21 heavy (non-hydrogen) atoms. The molecule has 0 saturated heterocycles. The van der Waals surface area contributed by atoms with Crippen LogP contribution in [0, 0.1) is 0 Å². The quantitative estimate of drug-likeness (QED) is 0.832. The molecule has 0 amide bonds. The number of ether oxygens (including phenoxy) is 2. The number of hydrogen-bond donors (Lipinski definition) is 1. The second kappa shape index (κ2) is 6.49. The Balaban J connectivity index is 1.83. The summed E-state index contributed by atoms with van der Waals surface area (Å²) in [4.78, 5) is 0. The van der Waals surface area contributed by atoms with Crippen molar-refractivity contribution in [2.24, 2.45) is 7.05 Å². The first-order valence-corrected chi connectivity index (χ1v) is 7.90. The fourth-order valence-corrected chi connectivity index (χ4v) is 2.52. The first-order chi connectivity index (χ1) is 9.98. The Morgan fingerprint density at radius 1 is 1.24 bits per heavy atom. The van der Waals surface area contributed by atoms with E-state index in [4.69, 9.17) is 9.47 Å². The summed E-state index contributed by atoms with van der Waals surface area (Å²) < 4.78 is 38.1. The lowest BCUT2D eigenvalue weighted by atomic mass is 10.3. The van der Waals surface area contributed by atoms with Gasteiger partial charge in [0.2, 0.25) is 10.0 Å². The van der Waals surface area contributed by atoms with Crippen molar-refractivity contribution in [1.82, 2.24) is 9.78 Å². The van der Waals surface area contributed by atoms with E-state index in [0.29, 0.717) is 17.2 Å². The van der Waals surface area contributed by atoms with Crippen LogP contribution in [0.15, 0.2) is 36.7 Å². The van der Waals surface area contributed by atoms with Crippen LogP contribution in [0.1, 0.15) is 0 Å². The molecule has 2 aromatic rings. The maximum absolute atomic E-state index is 11.9. The minimum Gasteiger partial charge on any atom is -0.497 e. The van der Waals surface area contributed by atoms with E-state index in [9.17, 15) is 8.42 Å². The Hall–Kier alpha value is -2.22. The zero-order chi connectivity index (χ0) is 15.3. The van der Waals surface area contributed by atoms with Crippen LogP contribution in [-0.2, 0) is 17.1 Å². The molecule has 1 aromatic heterocycles. The van der Waals surface area contributed by atoms with Gasteiger partial charge in [0.15, 0.2) is 0 Å². The summed E-state index contributed by atoms with van der Waals surface area (Å²) in [6, 6.07) is 6.94. The van der Waals surface area contributed by atoms with Crippen LogP contribution in [0.4, 0.5) is 5.69 Å². The van der Waals surface area contributed by atoms with Gasteiger partial charge in [-0.15, -0.1) is 0 Å². The molecule has 0 aliphatic rings. The first kappa shape index (κ1) is 15.2. The van der Waals surface area contributed by atoms with Gasteiger partial charge in [-0.1, -0.05) is 0 Å². The first-order valence-electron chi connectivity index (χ1n) is 6.24. The zero-order valence-electron chi connectivity index (χ0n) is 11.8. The largest absolute Gasteiger partial charge is 0.497 e. The fourth-order valence-electron chi connectivity index (χ4n) is 1.65. The van der Waals surface area contributed by atoms with Gasteiger partial charge in [0.1, 0.15) is 23.9 Å². The summed E-state index contributed by atoms with van der Waals surface area (Å²) in [6.45, 7) is 0.0575. The molecule has 0 unspecified atom stereocenters. The maximum Gasteiger partial charge on any atom is 0.236 e. The van der Waals surface area contributed by atoms with Gasteiger partial charge >= 0.3 is 0 Å². The summed E-state index contributed by atoms with van der Waals surface area (Å²) in [5, 5.41) is 3.89. The number of benzene rings is 1. The molecule has 0 atom stereocenters. The van der Waals surface area contributed by atoms with E-state index in [1.807, 2.05) is 0 Å².